The Labute approximate surface area is 96.0 Å². The van der Waals surface area contributed by atoms with Crippen LogP contribution in [0.25, 0.3) is 0 Å². The molecule has 2 nitrogen and oxygen atoms in total. The van der Waals surface area contributed by atoms with Crippen LogP contribution in [-0.4, -0.2) is 17.3 Å². The van der Waals surface area contributed by atoms with E-state index in [1.54, 1.807) is 0 Å². The fourth-order valence-corrected chi connectivity index (χ4v) is 1.77. The van der Waals surface area contributed by atoms with Gasteiger partial charge in [0.1, 0.15) is 0 Å². The highest BCUT2D eigenvalue weighted by atomic mass is 79.9. The van der Waals surface area contributed by atoms with Crippen molar-refractivity contribution in [3.8, 4) is 0 Å². The summed E-state index contributed by atoms with van der Waals surface area (Å²) < 4.78 is 0. The maximum atomic E-state index is 11.6. The Kier molecular flexibility index (Phi) is 7.24. The van der Waals surface area contributed by atoms with Gasteiger partial charge >= 0.3 is 0 Å². The zero-order chi connectivity index (χ0) is 11.1. The van der Waals surface area contributed by atoms with Gasteiger partial charge in [-0.05, 0) is 19.3 Å². The topological polar surface area (TPSA) is 29.1 Å². The second kappa shape index (κ2) is 7.27. The van der Waals surface area contributed by atoms with E-state index in [0.29, 0.717) is 5.92 Å². The first-order valence-corrected chi connectivity index (χ1v) is 6.51. The van der Waals surface area contributed by atoms with Gasteiger partial charge in [-0.3, -0.25) is 4.79 Å². The molecule has 0 heterocycles. The molecule has 0 radical (unpaired) electrons. The van der Waals surface area contributed by atoms with E-state index >= 15 is 0 Å². The average Bonchev–Trinajstić information content (AvgIpc) is 2.16. The van der Waals surface area contributed by atoms with Gasteiger partial charge in [-0.1, -0.05) is 43.1 Å². The predicted octanol–water partition coefficient (Wildman–Crippen LogP) is 2.96. The number of carbonyl (C=O) groups is 1. The molecule has 0 aliphatic rings. The molecule has 84 valence electrons. The van der Waals surface area contributed by atoms with Crippen LogP contribution in [0.3, 0.4) is 0 Å². The standard InChI is InChI=1S/C11H22BrNO/c1-5-6-8(2)11(14)13-10(4)9(3)7-12/h8-10H,5-7H2,1-4H3,(H,13,14). The predicted molar refractivity (Wildman–Crippen MR) is 64.6 cm³/mol. The molecule has 0 aromatic carbocycles. The molecular weight excluding hydrogens is 242 g/mol. The Morgan fingerprint density at radius 3 is 2.36 bits per heavy atom. The molecule has 0 saturated heterocycles. The molecule has 0 saturated carbocycles. The minimum atomic E-state index is 0.143. The highest BCUT2D eigenvalue weighted by molar-refractivity contribution is 9.09. The first-order chi connectivity index (χ1) is 6.52. The van der Waals surface area contributed by atoms with Crippen molar-refractivity contribution in [1.82, 2.24) is 5.32 Å². The molecule has 1 amide bonds. The maximum Gasteiger partial charge on any atom is 0.223 e. The highest BCUT2D eigenvalue weighted by Crippen LogP contribution is 2.09. The second-order valence-corrected chi connectivity index (χ2v) is 4.77. The van der Waals surface area contributed by atoms with E-state index in [0.717, 1.165) is 18.2 Å². The normalized spacial score (nSPS) is 17.2. The van der Waals surface area contributed by atoms with E-state index in [1.165, 1.54) is 0 Å². The first-order valence-electron chi connectivity index (χ1n) is 5.39. The van der Waals surface area contributed by atoms with Crippen LogP contribution in [-0.2, 0) is 4.79 Å². The highest BCUT2D eigenvalue weighted by Gasteiger charge is 2.17. The molecule has 14 heavy (non-hydrogen) atoms. The average molecular weight is 264 g/mol. The molecule has 0 spiro atoms. The summed E-state index contributed by atoms with van der Waals surface area (Å²) in [6.45, 7) is 8.28. The minimum absolute atomic E-state index is 0.143. The van der Waals surface area contributed by atoms with E-state index < -0.39 is 0 Å². The lowest BCUT2D eigenvalue weighted by Crippen LogP contribution is -2.40. The number of hydrogen-bond acceptors (Lipinski definition) is 1. The van der Waals surface area contributed by atoms with E-state index in [9.17, 15) is 4.79 Å². The quantitative estimate of drug-likeness (QED) is 0.734. The van der Waals surface area contributed by atoms with Gasteiger partial charge in [0.2, 0.25) is 5.91 Å². The monoisotopic (exact) mass is 263 g/mol. The number of rotatable bonds is 6. The molecule has 0 aromatic heterocycles. The smallest absolute Gasteiger partial charge is 0.223 e. The Hall–Kier alpha value is -0.0500. The van der Waals surface area contributed by atoms with Crippen molar-refractivity contribution in [3.05, 3.63) is 0 Å². The van der Waals surface area contributed by atoms with Gasteiger partial charge in [-0.15, -0.1) is 0 Å². The molecule has 3 atom stereocenters. The molecule has 0 rings (SSSR count). The molecule has 0 aromatic rings. The van der Waals surface area contributed by atoms with Gasteiger partial charge in [-0.2, -0.15) is 0 Å². The summed E-state index contributed by atoms with van der Waals surface area (Å²) >= 11 is 3.42. The second-order valence-electron chi connectivity index (χ2n) is 4.12. The zero-order valence-electron chi connectivity index (χ0n) is 9.64. The zero-order valence-corrected chi connectivity index (χ0v) is 11.2. The lowest BCUT2D eigenvalue weighted by molar-refractivity contribution is -0.125. The van der Waals surface area contributed by atoms with Crippen molar-refractivity contribution in [2.75, 3.05) is 5.33 Å². The number of alkyl halides is 1. The summed E-state index contributed by atoms with van der Waals surface area (Å²) in [7, 11) is 0. The van der Waals surface area contributed by atoms with Crippen LogP contribution >= 0.6 is 15.9 Å². The molecular formula is C11H22BrNO. The minimum Gasteiger partial charge on any atom is -0.353 e. The number of halogens is 1. The van der Waals surface area contributed by atoms with Gasteiger partial charge in [0.25, 0.3) is 0 Å². The SMILES string of the molecule is CCCC(C)C(=O)NC(C)C(C)CBr. The Morgan fingerprint density at radius 2 is 1.93 bits per heavy atom. The third-order valence-corrected chi connectivity index (χ3v) is 3.66. The van der Waals surface area contributed by atoms with Gasteiger partial charge < -0.3 is 5.32 Å². The summed E-state index contributed by atoms with van der Waals surface area (Å²) in [5.74, 6) is 0.810. The Balaban J connectivity index is 3.92. The third kappa shape index (κ3) is 4.99. The fraction of sp³-hybridized carbons (Fsp3) is 0.909. The van der Waals surface area contributed by atoms with E-state index in [-0.39, 0.29) is 17.9 Å². The molecule has 0 aliphatic heterocycles. The van der Waals surface area contributed by atoms with Crippen molar-refractivity contribution in [1.29, 1.82) is 0 Å². The molecule has 3 unspecified atom stereocenters. The number of carbonyl (C=O) groups excluding carboxylic acids is 1. The van der Waals surface area contributed by atoms with Crippen LogP contribution < -0.4 is 5.32 Å². The Morgan fingerprint density at radius 1 is 1.36 bits per heavy atom. The lowest BCUT2D eigenvalue weighted by Gasteiger charge is -2.21. The molecule has 0 fully saturated rings. The van der Waals surface area contributed by atoms with Crippen LogP contribution in [0.4, 0.5) is 0 Å². The van der Waals surface area contributed by atoms with Crippen molar-refractivity contribution in [2.45, 2.75) is 46.6 Å². The van der Waals surface area contributed by atoms with Crippen molar-refractivity contribution in [3.63, 3.8) is 0 Å². The van der Waals surface area contributed by atoms with Crippen molar-refractivity contribution in [2.24, 2.45) is 11.8 Å². The van der Waals surface area contributed by atoms with Gasteiger partial charge in [0.05, 0.1) is 0 Å². The largest absolute Gasteiger partial charge is 0.353 e. The summed E-state index contributed by atoms with van der Waals surface area (Å²) in [6.07, 6.45) is 2.04. The number of nitrogens with one attached hydrogen (secondary N) is 1. The van der Waals surface area contributed by atoms with Crippen LogP contribution in [0.5, 0.6) is 0 Å². The molecule has 0 aliphatic carbocycles. The molecule has 3 heteroatoms. The van der Waals surface area contributed by atoms with Crippen LogP contribution in [0.1, 0.15) is 40.5 Å². The van der Waals surface area contributed by atoms with Gasteiger partial charge in [0, 0.05) is 17.3 Å². The summed E-state index contributed by atoms with van der Waals surface area (Å²) in [4.78, 5) is 11.6. The van der Waals surface area contributed by atoms with E-state index in [4.69, 9.17) is 0 Å². The van der Waals surface area contributed by atoms with Crippen molar-refractivity contribution < 1.29 is 4.79 Å². The molecule has 0 bridgehead atoms. The maximum absolute atomic E-state index is 11.6. The third-order valence-electron chi connectivity index (χ3n) is 2.64. The fourth-order valence-electron chi connectivity index (χ4n) is 1.21. The van der Waals surface area contributed by atoms with Crippen LogP contribution in [0.15, 0.2) is 0 Å². The summed E-state index contributed by atoms with van der Waals surface area (Å²) in [5, 5.41) is 3.97. The lowest BCUT2D eigenvalue weighted by atomic mass is 10.0. The molecule has 1 N–H and O–H groups in total. The first kappa shape index (κ1) is 13.9. The number of amides is 1. The number of hydrogen-bond donors (Lipinski definition) is 1. The van der Waals surface area contributed by atoms with E-state index in [1.807, 2.05) is 6.92 Å². The van der Waals surface area contributed by atoms with Crippen molar-refractivity contribution >= 4 is 21.8 Å². The van der Waals surface area contributed by atoms with E-state index in [2.05, 4.69) is 42.0 Å². The summed E-state index contributed by atoms with van der Waals surface area (Å²) in [6, 6.07) is 0.251. The summed E-state index contributed by atoms with van der Waals surface area (Å²) in [5.41, 5.74) is 0. The van der Waals surface area contributed by atoms with Gasteiger partial charge in [0.15, 0.2) is 0 Å². The van der Waals surface area contributed by atoms with Crippen LogP contribution in [0.2, 0.25) is 0 Å². The van der Waals surface area contributed by atoms with Crippen LogP contribution in [0, 0.1) is 11.8 Å². The Bertz CT molecular complexity index is 173. The van der Waals surface area contributed by atoms with Gasteiger partial charge in [-0.25, -0.2) is 0 Å².